The molecule has 0 atom stereocenters. The molecule has 0 aliphatic carbocycles. The van der Waals surface area contributed by atoms with Crippen molar-refractivity contribution in [1.82, 2.24) is 42.9 Å². The van der Waals surface area contributed by atoms with E-state index < -0.39 is 42.6 Å². The molecular weight excluding hydrogens is 1280 g/mol. The van der Waals surface area contributed by atoms with Crippen LogP contribution in [-0.2, 0) is 73.5 Å². The monoisotopic (exact) mass is 1360 g/mol. The molecule has 3 rings (SSSR count). The third-order valence-corrected chi connectivity index (χ3v) is 19.1. The summed E-state index contributed by atoms with van der Waals surface area (Å²) in [5.41, 5.74) is 9.48. The molecule has 0 bridgehead atoms. The number of terminal acetylenes is 1. The third kappa shape index (κ3) is 37.9. The average Bonchev–Trinajstić information content (AvgIpc) is 3.87. The molecule has 2 aromatic carbocycles. The number of hydrogen-bond acceptors (Lipinski definition) is 18. The number of Topliss-reactive ketones (excluding diaryl/α,β-unsaturated/α-hetero) is 1. The van der Waals surface area contributed by atoms with Gasteiger partial charge in [0.2, 0.25) is 29.2 Å². The van der Waals surface area contributed by atoms with E-state index in [0.29, 0.717) is 51.3 Å². The van der Waals surface area contributed by atoms with Crippen molar-refractivity contribution in [3.8, 4) is 12.3 Å². The number of methoxy groups -OCH3 is 2. The third-order valence-electron chi connectivity index (χ3n) is 8.95. The van der Waals surface area contributed by atoms with Gasteiger partial charge in [0, 0.05) is 55.8 Å². The Labute approximate surface area is 485 Å². The van der Waals surface area contributed by atoms with Crippen LogP contribution in [0.15, 0.2) is 69.6 Å². The van der Waals surface area contributed by atoms with Crippen molar-refractivity contribution < 1.29 is 47.7 Å². The first-order chi connectivity index (χ1) is 37.2. The Kier molecular flexibility index (Phi) is 37.7. The summed E-state index contributed by atoms with van der Waals surface area (Å²) in [6.45, 7) is 14.3. The maximum atomic E-state index is 12.4. The van der Waals surface area contributed by atoms with E-state index in [4.69, 9.17) is 27.4 Å². The van der Waals surface area contributed by atoms with E-state index in [-0.39, 0.29) is 90.9 Å². The first-order valence-corrected chi connectivity index (χ1v) is 33.3. The zero-order valence-electron chi connectivity index (χ0n) is 46.5. The van der Waals surface area contributed by atoms with Crippen molar-refractivity contribution in [2.45, 2.75) is 93.1 Å². The van der Waals surface area contributed by atoms with Gasteiger partial charge in [-0.05, 0) is 27.7 Å². The molecule has 1 heterocycles. The summed E-state index contributed by atoms with van der Waals surface area (Å²) in [5.74, 6) is 1.29. The van der Waals surface area contributed by atoms with Crippen molar-refractivity contribution in [3.63, 3.8) is 0 Å². The van der Waals surface area contributed by atoms with Gasteiger partial charge in [0.05, 0.1) is 12.2 Å². The number of nitrogens with zero attached hydrogens (tertiary/aromatic N) is 5. The molecule has 76 heavy (non-hydrogen) atoms. The second-order valence-corrected chi connectivity index (χ2v) is 28.3. The molecule has 0 saturated heterocycles. The van der Waals surface area contributed by atoms with E-state index in [1.165, 1.54) is 18.9 Å². The first-order valence-electron chi connectivity index (χ1n) is 24.6. The molecule has 0 saturated carbocycles. The Bertz CT molecular complexity index is 2350. The summed E-state index contributed by atoms with van der Waals surface area (Å²) >= 11 is -4.07. The fourth-order valence-electron chi connectivity index (χ4n) is 5.20. The van der Waals surface area contributed by atoms with Crippen LogP contribution in [0.5, 0.6) is 0 Å². The number of ketones is 1. The number of halogens is 2. The van der Waals surface area contributed by atoms with Crippen LogP contribution >= 0.6 is 85.7 Å². The van der Waals surface area contributed by atoms with Crippen molar-refractivity contribution in [2.24, 2.45) is 5.11 Å². The van der Waals surface area contributed by atoms with Gasteiger partial charge in [0.1, 0.15) is 30.4 Å². The van der Waals surface area contributed by atoms with Gasteiger partial charge in [0.15, 0.2) is 5.78 Å². The standard InChI is InChI=1S/C25H38IN5O5S2.C18H28IN5O3S2.C6H9NO2/c1-5-26-28-24(34)17-36-13-12-19-6-10-22(11-7-19)37-38-25(2,3)18-27-23(33)15-31-14-20(29-30-31)8-9-21(32)16-35-4;1-4-19-23-17(26)12-27-10-9-14-5-7-15(8-6-14)28-29-18(2,3)13-21-16(25)11-22-24-20;1-3-4-7-6(8)5-9-2/h6-7,10-11,14,26H,5,8-9,12-13,15-18H2,1-4H3,(H,27,33)(H,28,34);5-8,19-20H,4,9-13H2,1-3H3,(H-,21,23,25,26);1H,4-5H2,2H3,(H,7,8)/p+1/i26D;19D;. The van der Waals surface area contributed by atoms with Crippen LogP contribution in [0.25, 0.3) is 0 Å². The molecule has 5 amide bonds. The zero-order valence-corrected chi connectivity index (χ0v) is 52.1. The predicted molar refractivity (Wildman–Crippen MR) is 322 cm³/mol. The second-order valence-electron chi connectivity index (χ2n) is 16.8. The summed E-state index contributed by atoms with van der Waals surface area (Å²) in [6.07, 6.45) is 8.77. The summed E-state index contributed by atoms with van der Waals surface area (Å²) < 4.78 is 43.5. The normalized spacial score (nSPS) is 11.5. The van der Waals surface area contributed by atoms with Crippen LogP contribution in [-0.4, -0.2) is 150 Å². The number of carbonyl (C=O) groups is 6. The number of ether oxygens (including phenoxy) is 4. The van der Waals surface area contributed by atoms with Gasteiger partial charge >= 0.3 is 256 Å². The second kappa shape index (κ2) is 43.1. The SMILES string of the molecule is C#CCNC(=O)COC.[2H]I(CC)NC(=O)COCCc1ccc(SSC(C)(C)CNC(=O)CN=[N+]=N)cc1.[2H]I(CC)NC(=O)COCCc1ccc(SSC(C)(C)CNC(=O)Cn2cc(CCC(=O)COC)nn2)cc1. The summed E-state index contributed by atoms with van der Waals surface area (Å²) in [4.78, 5) is 74.3. The molecule has 0 unspecified atom stereocenters. The number of rotatable bonds is 36. The zero-order chi connectivity index (χ0) is 58.2. The molecule has 424 valence electrons. The van der Waals surface area contributed by atoms with E-state index in [0.717, 1.165) is 36.2 Å². The number of aromatic nitrogens is 3. The number of hydrogen-bond donors (Lipinski definition) is 6. The number of aryl methyl sites for hydroxylation is 1. The van der Waals surface area contributed by atoms with Crippen LogP contribution in [0.4, 0.5) is 0 Å². The van der Waals surface area contributed by atoms with E-state index in [2.05, 4.69) is 80.0 Å². The number of benzene rings is 2. The van der Waals surface area contributed by atoms with Crippen molar-refractivity contribution in [2.75, 3.05) is 88.9 Å². The molecule has 1 aromatic heterocycles. The summed E-state index contributed by atoms with van der Waals surface area (Å²) in [6, 6.07) is 16.4. The molecule has 3 aromatic rings. The minimum atomic E-state index is -2.04. The molecule has 0 aliphatic heterocycles. The fraction of sp³-hybridized carbons (Fsp3) is 0.551. The van der Waals surface area contributed by atoms with Crippen LogP contribution in [0.3, 0.4) is 0 Å². The molecule has 0 fully saturated rings. The Balaban J connectivity index is 0.000000689. The number of alkyl halides is 2. The minimum absolute atomic E-state index is 0.000402. The van der Waals surface area contributed by atoms with Gasteiger partial charge in [-0.15, -0.1) is 11.5 Å². The number of nitrogens with one attached hydrogen (secondary N) is 6. The predicted octanol–water partition coefficient (Wildman–Crippen LogP) is 5.64. The fourth-order valence-corrected chi connectivity index (χ4v) is 11.5. The number of amides is 5. The van der Waals surface area contributed by atoms with Gasteiger partial charge in [0.25, 0.3) is 0 Å². The molecule has 21 nitrogen and oxygen atoms in total. The van der Waals surface area contributed by atoms with Crippen molar-refractivity contribution in [3.05, 3.63) is 71.5 Å². The van der Waals surface area contributed by atoms with Gasteiger partial charge in [-0.1, -0.05) is 11.1 Å². The topological polar surface area (TPSA) is 281 Å². The molecule has 0 radical (unpaired) electrons. The quantitative estimate of drug-likeness (QED) is 0.00600. The van der Waals surface area contributed by atoms with E-state index >= 15 is 0 Å². The molecular formula is C49H76I2N11O10S4+. The van der Waals surface area contributed by atoms with E-state index in [1.807, 2.05) is 64.1 Å². The van der Waals surface area contributed by atoms with Gasteiger partial charge in [-0.25, -0.2) is 4.68 Å². The Morgan fingerprint density at radius 3 is 1.70 bits per heavy atom. The molecule has 6 N–H and O–H groups in total. The summed E-state index contributed by atoms with van der Waals surface area (Å²) in [5, 5.41) is 19.5. The van der Waals surface area contributed by atoms with Crippen LogP contribution in [0.1, 0.15) is 64.8 Å². The van der Waals surface area contributed by atoms with Gasteiger partial charge in [-0.3, -0.25) is 19.2 Å². The first kappa shape index (κ1) is 66.4. The molecule has 27 heteroatoms. The Hall–Kier alpha value is -3.83. The van der Waals surface area contributed by atoms with Crippen LogP contribution in [0.2, 0.25) is 0 Å². The van der Waals surface area contributed by atoms with Crippen LogP contribution in [0, 0.1) is 17.9 Å². The Morgan fingerprint density at radius 1 is 0.737 bits per heavy atom. The average molecular weight is 1360 g/mol. The van der Waals surface area contributed by atoms with Crippen molar-refractivity contribution in [1.29, 1.82) is 6.72 Å². The maximum absolute atomic E-state index is 12.4. The number of carbonyl (C=O) groups excluding carboxylic acids is 6. The van der Waals surface area contributed by atoms with Gasteiger partial charge in [-0.2, -0.15) is 0 Å². The van der Waals surface area contributed by atoms with Crippen molar-refractivity contribution >= 4 is 121 Å². The Morgan fingerprint density at radius 2 is 1.24 bits per heavy atom. The van der Waals surface area contributed by atoms with E-state index in [9.17, 15) is 28.8 Å². The van der Waals surface area contributed by atoms with Crippen LogP contribution < -0.4 is 27.9 Å². The summed E-state index contributed by atoms with van der Waals surface area (Å²) in [7, 11) is 9.57. The molecule has 0 aliphatic rings. The van der Waals surface area contributed by atoms with Gasteiger partial charge < -0.3 is 25.4 Å². The molecule has 0 spiro atoms. The van der Waals surface area contributed by atoms with E-state index in [1.54, 1.807) is 49.4 Å².